The Labute approximate surface area is 149 Å². The maximum Gasteiger partial charge on any atom is 0.204 e. The molecule has 0 amide bonds. The molecule has 2 heterocycles. The lowest BCUT2D eigenvalue weighted by atomic mass is 10.0. The lowest BCUT2D eigenvalue weighted by molar-refractivity contribution is 0.259. The van der Waals surface area contributed by atoms with Gasteiger partial charge in [-0.2, -0.15) is 5.21 Å². The summed E-state index contributed by atoms with van der Waals surface area (Å²) in [6, 6.07) is 9.67. The molecule has 0 radical (unpaired) electrons. The zero-order chi connectivity index (χ0) is 17.3. The van der Waals surface area contributed by atoms with Gasteiger partial charge in [0.1, 0.15) is 17.5 Å². The van der Waals surface area contributed by atoms with Gasteiger partial charge in [-0.25, -0.2) is 4.98 Å². The molecule has 2 N–H and O–H groups in total. The van der Waals surface area contributed by atoms with Crippen LogP contribution in [0.2, 0.25) is 5.15 Å². The Kier molecular flexibility index (Phi) is 4.10. The molecule has 128 valence electrons. The smallest absolute Gasteiger partial charge is 0.204 e. The maximum atomic E-state index is 6.31. The molecule has 0 bridgehead atoms. The van der Waals surface area contributed by atoms with Crippen molar-refractivity contribution in [3.63, 3.8) is 0 Å². The standard InChI is InChI=1S/C17H17ClN6O/c1-19-17(5-6-17)10-25-13-8-14(15(18)20-9-13)11-3-2-4-12(7-11)16-21-23-24-22-16/h2-4,7-9,19H,5-6,10H2,1H3,(H,21,22,23,24). The second kappa shape index (κ2) is 6.42. The predicted molar refractivity (Wildman–Crippen MR) is 94.4 cm³/mol. The van der Waals surface area contributed by atoms with Crippen LogP contribution in [0.4, 0.5) is 0 Å². The summed E-state index contributed by atoms with van der Waals surface area (Å²) in [5.41, 5.74) is 2.68. The largest absolute Gasteiger partial charge is 0.490 e. The first kappa shape index (κ1) is 16.0. The summed E-state index contributed by atoms with van der Waals surface area (Å²) >= 11 is 6.31. The molecule has 1 aliphatic carbocycles. The van der Waals surface area contributed by atoms with E-state index in [-0.39, 0.29) is 5.54 Å². The van der Waals surface area contributed by atoms with E-state index in [1.165, 1.54) is 0 Å². The van der Waals surface area contributed by atoms with Gasteiger partial charge in [-0.3, -0.25) is 0 Å². The van der Waals surface area contributed by atoms with E-state index in [2.05, 4.69) is 30.9 Å². The highest BCUT2D eigenvalue weighted by atomic mass is 35.5. The Balaban J connectivity index is 1.61. The predicted octanol–water partition coefficient (Wildman–Crippen LogP) is 2.71. The maximum absolute atomic E-state index is 6.31. The Morgan fingerprint density at radius 2 is 2.12 bits per heavy atom. The van der Waals surface area contributed by atoms with Gasteiger partial charge in [0.2, 0.25) is 5.82 Å². The molecular weight excluding hydrogens is 340 g/mol. The van der Waals surface area contributed by atoms with Crippen molar-refractivity contribution in [2.24, 2.45) is 0 Å². The van der Waals surface area contributed by atoms with Gasteiger partial charge in [0.15, 0.2) is 0 Å². The summed E-state index contributed by atoms with van der Waals surface area (Å²) in [5.74, 6) is 1.23. The van der Waals surface area contributed by atoms with Gasteiger partial charge < -0.3 is 10.1 Å². The Hall–Kier alpha value is -2.51. The number of aromatic nitrogens is 5. The average Bonchev–Trinajstić information content (AvgIpc) is 3.22. The molecule has 8 heteroatoms. The van der Waals surface area contributed by atoms with Crippen LogP contribution in [0.1, 0.15) is 12.8 Å². The molecule has 1 aliphatic rings. The van der Waals surface area contributed by atoms with Crippen molar-refractivity contribution in [2.75, 3.05) is 13.7 Å². The number of benzene rings is 1. The molecule has 3 aromatic rings. The van der Waals surface area contributed by atoms with E-state index in [1.807, 2.05) is 37.4 Å². The number of likely N-dealkylation sites (N-methyl/N-ethyl adjacent to an activating group) is 1. The fraction of sp³-hybridized carbons (Fsp3) is 0.294. The molecule has 0 aliphatic heterocycles. The molecule has 0 saturated heterocycles. The minimum atomic E-state index is 0.109. The van der Waals surface area contributed by atoms with E-state index in [1.54, 1.807) is 6.20 Å². The van der Waals surface area contributed by atoms with Gasteiger partial charge in [0.25, 0.3) is 0 Å². The van der Waals surface area contributed by atoms with E-state index in [0.717, 1.165) is 29.5 Å². The average molecular weight is 357 g/mol. The van der Waals surface area contributed by atoms with Crippen molar-refractivity contribution in [1.29, 1.82) is 0 Å². The lowest BCUT2D eigenvalue weighted by Gasteiger charge is -2.16. The van der Waals surface area contributed by atoms with Crippen molar-refractivity contribution < 1.29 is 4.74 Å². The quantitative estimate of drug-likeness (QED) is 0.660. The summed E-state index contributed by atoms with van der Waals surface area (Å²) in [7, 11) is 1.96. The minimum Gasteiger partial charge on any atom is -0.490 e. The van der Waals surface area contributed by atoms with Crippen LogP contribution in [0, 0.1) is 0 Å². The molecule has 2 aromatic heterocycles. The normalized spacial score (nSPS) is 15.1. The monoisotopic (exact) mass is 356 g/mol. The third-order valence-corrected chi connectivity index (χ3v) is 4.79. The highest BCUT2D eigenvalue weighted by Crippen LogP contribution is 2.36. The first-order chi connectivity index (χ1) is 12.2. The number of tetrazole rings is 1. The zero-order valence-electron chi connectivity index (χ0n) is 13.7. The van der Waals surface area contributed by atoms with Crippen LogP contribution in [-0.4, -0.2) is 44.8 Å². The highest BCUT2D eigenvalue weighted by Gasteiger charge is 2.41. The zero-order valence-corrected chi connectivity index (χ0v) is 14.4. The first-order valence-corrected chi connectivity index (χ1v) is 8.38. The van der Waals surface area contributed by atoms with Crippen LogP contribution in [0.25, 0.3) is 22.5 Å². The third kappa shape index (κ3) is 3.33. The SMILES string of the molecule is CNC1(COc2cnc(Cl)c(-c3cccc(-c4nn[nH]n4)c3)c2)CC1. The van der Waals surface area contributed by atoms with Crippen LogP contribution >= 0.6 is 11.6 Å². The summed E-state index contributed by atoms with van der Waals surface area (Å²) in [4.78, 5) is 4.27. The number of hydrogen-bond donors (Lipinski definition) is 2. The minimum absolute atomic E-state index is 0.109. The number of pyridine rings is 1. The van der Waals surface area contributed by atoms with Crippen LogP contribution in [-0.2, 0) is 0 Å². The van der Waals surface area contributed by atoms with E-state index >= 15 is 0 Å². The summed E-state index contributed by atoms with van der Waals surface area (Å²) in [5, 5.41) is 17.8. The molecule has 4 rings (SSSR count). The lowest BCUT2D eigenvalue weighted by Crippen LogP contribution is -2.33. The van der Waals surface area contributed by atoms with Crippen molar-refractivity contribution in [3.05, 3.63) is 41.7 Å². The summed E-state index contributed by atoms with van der Waals surface area (Å²) in [6.45, 7) is 0.620. The van der Waals surface area contributed by atoms with Crippen molar-refractivity contribution >= 4 is 11.6 Å². The second-order valence-corrected chi connectivity index (χ2v) is 6.50. The van der Waals surface area contributed by atoms with Gasteiger partial charge in [0.05, 0.1) is 11.7 Å². The van der Waals surface area contributed by atoms with E-state index in [4.69, 9.17) is 16.3 Å². The van der Waals surface area contributed by atoms with Crippen LogP contribution in [0.15, 0.2) is 36.5 Å². The number of nitrogens with zero attached hydrogens (tertiary/aromatic N) is 4. The van der Waals surface area contributed by atoms with Crippen LogP contribution in [0.5, 0.6) is 5.75 Å². The second-order valence-electron chi connectivity index (χ2n) is 6.14. The summed E-state index contributed by atoms with van der Waals surface area (Å²) < 4.78 is 5.92. The van der Waals surface area contributed by atoms with Gasteiger partial charge in [-0.15, -0.1) is 10.2 Å². The Bertz CT molecular complexity index is 879. The number of ether oxygens (including phenoxy) is 1. The molecular formula is C17H17ClN6O. The van der Waals surface area contributed by atoms with E-state index in [0.29, 0.717) is 23.3 Å². The molecule has 0 unspecified atom stereocenters. The molecule has 7 nitrogen and oxygen atoms in total. The topological polar surface area (TPSA) is 88.6 Å². The number of nitrogens with one attached hydrogen (secondary N) is 2. The van der Waals surface area contributed by atoms with Gasteiger partial charge in [-0.1, -0.05) is 29.8 Å². The van der Waals surface area contributed by atoms with Crippen molar-refractivity contribution in [3.8, 4) is 28.3 Å². The van der Waals surface area contributed by atoms with Crippen molar-refractivity contribution in [1.82, 2.24) is 30.9 Å². The van der Waals surface area contributed by atoms with Gasteiger partial charge in [-0.05, 0) is 42.8 Å². The first-order valence-electron chi connectivity index (χ1n) is 8.01. The van der Waals surface area contributed by atoms with E-state index in [9.17, 15) is 0 Å². The number of hydrogen-bond acceptors (Lipinski definition) is 6. The number of aromatic amines is 1. The molecule has 0 spiro atoms. The highest BCUT2D eigenvalue weighted by molar-refractivity contribution is 6.32. The van der Waals surface area contributed by atoms with Crippen LogP contribution < -0.4 is 10.1 Å². The summed E-state index contributed by atoms with van der Waals surface area (Å²) in [6.07, 6.45) is 3.91. The van der Waals surface area contributed by atoms with Crippen LogP contribution in [0.3, 0.4) is 0 Å². The molecule has 25 heavy (non-hydrogen) atoms. The number of rotatable bonds is 6. The Morgan fingerprint density at radius 3 is 2.84 bits per heavy atom. The molecule has 0 atom stereocenters. The number of H-pyrrole nitrogens is 1. The van der Waals surface area contributed by atoms with Crippen molar-refractivity contribution in [2.45, 2.75) is 18.4 Å². The molecule has 1 fully saturated rings. The fourth-order valence-electron chi connectivity index (χ4n) is 2.66. The molecule has 1 saturated carbocycles. The number of halogens is 1. The van der Waals surface area contributed by atoms with Gasteiger partial charge >= 0.3 is 0 Å². The van der Waals surface area contributed by atoms with Gasteiger partial charge in [0, 0.05) is 11.1 Å². The third-order valence-electron chi connectivity index (χ3n) is 4.49. The fourth-order valence-corrected chi connectivity index (χ4v) is 2.87. The Morgan fingerprint density at radius 1 is 1.28 bits per heavy atom. The van der Waals surface area contributed by atoms with E-state index < -0.39 is 0 Å². The molecule has 1 aromatic carbocycles.